The van der Waals surface area contributed by atoms with Gasteiger partial charge in [0.2, 0.25) is 0 Å². The van der Waals surface area contributed by atoms with Gasteiger partial charge in [-0.15, -0.1) is 0 Å². The van der Waals surface area contributed by atoms with Crippen molar-refractivity contribution in [2.75, 3.05) is 4.90 Å². The van der Waals surface area contributed by atoms with Gasteiger partial charge in [0.1, 0.15) is 11.2 Å². The summed E-state index contributed by atoms with van der Waals surface area (Å²) < 4.78 is 8.88. The Bertz CT molecular complexity index is 4140. The lowest BCUT2D eigenvalue weighted by Gasteiger charge is -2.27. The number of fused-ring (bicyclic) bond motifs is 6. The van der Waals surface area contributed by atoms with Crippen molar-refractivity contribution in [2.45, 2.75) is 0 Å². The summed E-state index contributed by atoms with van der Waals surface area (Å²) in [4.78, 5) is 5.97. The molecule has 0 amide bonds. The number of benzene rings is 11. The van der Waals surface area contributed by atoms with Gasteiger partial charge in [-0.3, -0.25) is 0 Å². The largest absolute Gasteiger partial charge is 0.456 e. The molecule has 0 saturated heterocycles. The maximum absolute atomic E-state index is 7.41. The number of rotatable bonds is 9. The molecule has 0 radical (unpaired) electrons. The van der Waals surface area contributed by atoms with Crippen LogP contribution in [0, 0.1) is 6.57 Å². The minimum absolute atomic E-state index is 0.638. The molecule has 0 N–H and O–H groups in total. The Hall–Kier alpha value is -9.69. The van der Waals surface area contributed by atoms with E-state index in [1.54, 1.807) is 0 Å². The number of hydrogen-bond acceptors (Lipinski definition) is 2. The van der Waals surface area contributed by atoms with Crippen molar-refractivity contribution in [1.82, 2.24) is 4.57 Å². The standard InChI is InChI=1S/C67H43N3O/c1-68-55-31-23-47(24-32-55)49-27-35-57(36-28-49)70-64-21-10-8-19-60(64)61-37-29-51(43-65(61)70)53-39-54(52-30-38-63-62-20-9-11-22-66(62)71-67(63)44-52)42-59(41-53)69(56-33-25-48(26-34-56)45-13-4-2-5-14-45)58-18-12-17-50(40-58)46-15-6-3-7-16-46/h2-44H. The van der Waals surface area contributed by atoms with Crippen molar-refractivity contribution in [2.24, 2.45) is 0 Å². The number of hydrogen-bond donors (Lipinski definition) is 0. The molecule has 0 spiro atoms. The van der Waals surface area contributed by atoms with Gasteiger partial charge >= 0.3 is 0 Å². The van der Waals surface area contributed by atoms with Crippen molar-refractivity contribution < 1.29 is 4.42 Å². The lowest BCUT2D eigenvalue weighted by molar-refractivity contribution is 0.669. The number of anilines is 3. The van der Waals surface area contributed by atoms with Crippen LogP contribution in [0.25, 0.3) is 110 Å². The Balaban J connectivity index is 1.01. The van der Waals surface area contributed by atoms with Gasteiger partial charge in [0.05, 0.1) is 17.6 Å². The molecular weight excluding hydrogens is 863 g/mol. The molecule has 332 valence electrons. The first kappa shape index (κ1) is 41.5. The highest BCUT2D eigenvalue weighted by Crippen LogP contribution is 2.44. The highest BCUT2D eigenvalue weighted by atomic mass is 16.3. The van der Waals surface area contributed by atoms with Crippen LogP contribution in [0.1, 0.15) is 0 Å². The highest BCUT2D eigenvalue weighted by Gasteiger charge is 2.20. The molecule has 0 unspecified atom stereocenters. The fraction of sp³-hybridized carbons (Fsp3) is 0. The van der Waals surface area contributed by atoms with Crippen LogP contribution in [-0.2, 0) is 0 Å². The summed E-state index contributed by atoms with van der Waals surface area (Å²) in [6.45, 7) is 7.41. The molecule has 0 bridgehead atoms. The second kappa shape index (κ2) is 17.4. The molecule has 0 atom stereocenters. The number of aromatic nitrogens is 1. The summed E-state index contributed by atoms with van der Waals surface area (Å²) in [5.41, 5.74) is 20.0. The van der Waals surface area contributed by atoms with Gasteiger partial charge in [-0.05, 0) is 141 Å². The van der Waals surface area contributed by atoms with Crippen LogP contribution in [0.2, 0.25) is 0 Å². The Morgan fingerprint density at radius 3 is 1.51 bits per heavy atom. The lowest BCUT2D eigenvalue weighted by Crippen LogP contribution is -2.10. The molecule has 13 rings (SSSR count). The van der Waals surface area contributed by atoms with E-state index in [2.05, 4.69) is 239 Å². The summed E-state index contributed by atoms with van der Waals surface area (Å²) in [5.74, 6) is 0. The van der Waals surface area contributed by atoms with E-state index >= 15 is 0 Å². The second-order valence-corrected chi connectivity index (χ2v) is 18.0. The summed E-state index contributed by atoms with van der Waals surface area (Å²) >= 11 is 0. The fourth-order valence-electron chi connectivity index (χ4n) is 10.3. The number of para-hydroxylation sites is 2. The normalized spacial score (nSPS) is 11.4. The minimum atomic E-state index is 0.638. The van der Waals surface area contributed by atoms with Crippen LogP contribution in [-0.4, -0.2) is 4.57 Å². The van der Waals surface area contributed by atoms with Crippen LogP contribution < -0.4 is 4.90 Å². The SMILES string of the molecule is [C-]#[N+]c1ccc(-c2ccc(-n3c4ccccc4c4ccc(-c5cc(-c6ccc7c(c6)oc6ccccc67)cc(N(c6ccc(-c7ccccc7)cc6)c6cccc(-c7ccccc7)c6)c5)cc43)cc2)cc1. The zero-order valence-electron chi connectivity index (χ0n) is 38.6. The van der Waals surface area contributed by atoms with Crippen molar-refractivity contribution in [3.63, 3.8) is 0 Å². The van der Waals surface area contributed by atoms with Crippen LogP contribution in [0.4, 0.5) is 22.7 Å². The monoisotopic (exact) mass is 905 g/mol. The quantitative estimate of drug-likeness (QED) is 0.135. The van der Waals surface area contributed by atoms with Crippen LogP contribution in [0.15, 0.2) is 265 Å². The fourth-order valence-corrected chi connectivity index (χ4v) is 10.3. The average molecular weight is 906 g/mol. The molecular formula is C67H43N3O. The van der Waals surface area contributed by atoms with E-state index in [1.165, 1.54) is 16.3 Å². The predicted octanol–water partition coefficient (Wildman–Crippen LogP) is 19.0. The molecule has 0 fully saturated rings. The van der Waals surface area contributed by atoms with Gasteiger partial charge in [0.15, 0.2) is 5.69 Å². The predicted molar refractivity (Wildman–Crippen MR) is 296 cm³/mol. The first-order valence-corrected chi connectivity index (χ1v) is 23.9. The van der Waals surface area contributed by atoms with Gasteiger partial charge < -0.3 is 13.9 Å². The van der Waals surface area contributed by atoms with Gasteiger partial charge in [-0.2, -0.15) is 0 Å². The summed E-state index contributed by atoms with van der Waals surface area (Å²) in [7, 11) is 0. The molecule has 4 heteroatoms. The van der Waals surface area contributed by atoms with Gasteiger partial charge in [-0.1, -0.05) is 176 Å². The smallest absolute Gasteiger partial charge is 0.187 e. The highest BCUT2D eigenvalue weighted by molar-refractivity contribution is 6.10. The Labute approximate surface area is 412 Å². The molecule has 2 aromatic heterocycles. The van der Waals surface area contributed by atoms with E-state index < -0.39 is 0 Å². The third-order valence-electron chi connectivity index (χ3n) is 13.8. The van der Waals surface area contributed by atoms with E-state index in [4.69, 9.17) is 11.0 Å². The van der Waals surface area contributed by atoms with Gasteiger partial charge in [0.25, 0.3) is 0 Å². The zero-order chi connectivity index (χ0) is 47.3. The first-order valence-electron chi connectivity index (χ1n) is 23.9. The third kappa shape index (κ3) is 7.60. The van der Waals surface area contributed by atoms with E-state index in [-0.39, 0.29) is 0 Å². The maximum Gasteiger partial charge on any atom is 0.187 e. The minimum Gasteiger partial charge on any atom is -0.456 e. The van der Waals surface area contributed by atoms with Crippen molar-refractivity contribution >= 4 is 66.5 Å². The van der Waals surface area contributed by atoms with E-state index in [9.17, 15) is 0 Å². The number of nitrogens with zero attached hydrogens (tertiary/aromatic N) is 3. The van der Waals surface area contributed by atoms with Crippen molar-refractivity contribution in [1.29, 1.82) is 0 Å². The molecule has 2 heterocycles. The Morgan fingerprint density at radius 1 is 0.310 bits per heavy atom. The Kier molecular flexibility index (Phi) is 10.2. The third-order valence-corrected chi connectivity index (χ3v) is 13.8. The first-order chi connectivity index (χ1) is 35.1. The van der Waals surface area contributed by atoms with Gasteiger partial charge in [-0.25, -0.2) is 4.85 Å². The van der Waals surface area contributed by atoms with Crippen molar-refractivity contribution in [3.05, 3.63) is 272 Å². The lowest BCUT2D eigenvalue weighted by atomic mass is 9.95. The van der Waals surface area contributed by atoms with Crippen molar-refractivity contribution in [3.8, 4) is 61.3 Å². The van der Waals surface area contributed by atoms with Crippen LogP contribution in [0.5, 0.6) is 0 Å². The average Bonchev–Trinajstić information content (AvgIpc) is 3.99. The summed E-state index contributed by atoms with van der Waals surface area (Å²) in [6, 6.07) is 93.0. The molecule has 4 nitrogen and oxygen atoms in total. The molecule has 0 aliphatic heterocycles. The molecule has 0 aliphatic carbocycles. The molecule has 11 aromatic carbocycles. The maximum atomic E-state index is 7.41. The Morgan fingerprint density at radius 2 is 0.803 bits per heavy atom. The van der Waals surface area contributed by atoms with E-state index in [0.717, 1.165) is 106 Å². The van der Waals surface area contributed by atoms with Crippen LogP contribution >= 0.6 is 0 Å². The van der Waals surface area contributed by atoms with E-state index in [0.29, 0.717) is 5.69 Å². The zero-order valence-corrected chi connectivity index (χ0v) is 38.6. The number of furan rings is 1. The molecule has 71 heavy (non-hydrogen) atoms. The summed E-state index contributed by atoms with van der Waals surface area (Å²) in [5, 5.41) is 4.60. The molecule has 0 saturated carbocycles. The molecule has 0 aliphatic rings. The molecule has 13 aromatic rings. The van der Waals surface area contributed by atoms with Gasteiger partial charge in [0, 0.05) is 44.3 Å². The second-order valence-electron chi connectivity index (χ2n) is 18.0. The van der Waals surface area contributed by atoms with E-state index in [1.807, 2.05) is 36.4 Å². The topological polar surface area (TPSA) is 25.7 Å². The van der Waals surface area contributed by atoms with Crippen LogP contribution in [0.3, 0.4) is 0 Å². The summed E-state index contributed by atoms with van der Waals surface area (Å²) in [6.07, 6.45) is 0.